The fourth-order valence-electron chi connectivity index (χ4n) is 3.48. The van der Waals surface area contributed by atoms with Crippen molar-refractivity contribution in [2.24, 2.45) is 12.1 Å². The minimum absolute atomic E-state index is 0.00649. The van der Waals surface area contributed by atoms with Gasteiger partial charge in [0.1, 0.15) is 0 Å². The van der Waals surface area contributed by atoms with Gasteiger partial charge >= 0.3 is 0 Å². The number of fused-ring (bicyclic) bond motifs is 1. The highest BCUT2D eigenvalue weighted by molar-refractivity contribution is 7.99. The molecular weight excluding hydrogens is 420 g/mol. The van der Waals surface area contributed by atoms with Gasteiger partial charge in [-0.1, -0.05) is 36.0 Å². The number of carbonyl (C=O) groups excluding carboxylic acids is 1. The fourth-order valence-corrected chi connectivity index (χ4v) is 5.85. The number of rotatable bonds is 5. The Morgan fingerprint density at radius 3 is 2.72 bits per heavy atom. The van der Waals surface area contributed by atoms with E-state index >= 15 is 0 Å². The van der Waals surface area contributed by atoms with Crippen LogP contribution in [0.4, 0.5) is 0 Å². The highest BCUT2D eigenvalue weighted by Gasteiger charge is 2.34. The molecule has 1 atom stereocenters. The number of aryl methyl sites for hydroxylation is 1. The quantitative estimate of drug-likeness (QED) is 0.404. The molecule has 4 aromatic rings. The zero-order valence-corrected chi connectivity index (χ0v) is 18.1. The average molecular weight is 439 g/mol. The topological polar surface area (TPSA) is 50.5 Å². The van der Waals surface area contributed by atoms with Crippen molar-refractivity contribution >= 4 is 57.1 Å². The third kappa shape index (κ3) is 3.52. The Kier molecular flexibility index (Phi) is 4.99. The molecule has 146 valence electrons. The molecule has 0 saturated heterocycles. The average Bonchev–Trinajstić information content (AvgIpc) is 3.52. The molecule has 0 radical (unpaired) electrons. The number of nitrogens with zero attached hydrogens (tertiary/aromatic N) is 4. The van der Waals surface area contributed by atoms with Crippen LogP contribution in [0.15, 0.2) is 69.5 Å². The Labute approximate surface area is 180 Å². The number of benzene rings is 1. The van der Waals surface area contributed by atoms with Crippen LogP contribution in [-0.4, -0.2) is 31.9 Å². The number of thiophene rings is 2. The number of hydrogen-bond acceptors (Lipinski definition) is 6. The first kappa shape index (κ1) is 18.6. The summed E-state index contributed by atoms with van der Waals surface area (Å²) in [7, 11) is 1.99. The van der Waals surface area contributed by atoms with E-state index in [1.807, 2.05) is 53.4 Å². The second-order valence-corrected chi connectivity index (χ2v) is 9.60. The van der Waals surface area contributed by atoms with Crippen molar-refractivity contribution in [1.29, 1.82) is 0 Å². The number of thioether (sulfide) groups is 1. The predicted octanol–water partition coefficient (Wildman–Crippen LogP) is 5.17. The number of amides is 1. The third-order valence-electron chi connectivity index (χ3n) is 4.91. The van der Waals surface area contributed by atoms with Gasteiger partial charge in [-0.05, 0) is 35.0 Å². The number of para-hydroxylation sites is 2. The lowest BCUT2D eigenvalue weighted by atomic mass is 10.1. The standard InChI is InChI=1S/C21H18N4OS3/c1-24-16-7-3-2-6-14(16)22-21(24)29-13-20(26)25-17(19-9-5-11-28-19)12-15(23-25)18-8-4-10-27-18/h2-11,17H,12-13H2,1H3. The van der Waals surface area contributed by atoms with Gasteiger partial charge in [0.05, 0.1) is 33.4 Å². The van der Waals surface area contributed by atoms with Crippen LogP contribution in [0.1, 0.15) is 22.2 Å². The van der Waals surface area contributed by atoms with Gasteiger partial charge in [-0.2, -0.15) is 5.10 Å². The Bertz CT molecular complexity index is 1180. The minimum atomic E-state index is -0.0272. The first-order valence-electron chi connectivity index (χ1n) is 9.22. The van der Waals surface area contributed by atoms with E-state index in [9.17, 15) is 4.79 Å². The largest absolute Gasteiger partial charge is 0.322 e. The molecule has 8 heteroatoms. The molecule has 5 nitrogen and oxygen atoms in total. The summed E-state index contributed by atoms with van der Waals surface area (Å²) in [4.78, 5) is 20.1. The second kappa shape index (κ2) is 7.78. The van der Waals surface area contributed by atoms with Crippen LogP contribution in [0.25, 0.3) is 11.0 Å². The van der Waals surface area contributed by atoms with E-state index in [1.54, 1.807) is 27.7 Å². The highest BCUT2D eigenvalue weighted by atomic mass is 32.2. The van der Waals surface area contributed by atoms with Crippen LogP contribution in [0.5, 0.6) is 0 Å². The highest BCUT2D eigenvalue weighted by Crippen LogP contribution is 2.36. The molecular formula is C21H18N4OS3. The summed E-state index contributed by atoms with van der Waals surface area (Å²) in [5.74, 6) is 0.312. The summed E-state index contributed by atoms with van der Waals surface area (Å²) >= 11 is 4.80. The molecule has 1 amide bonds. The number of imidazole rings is 1. The lowest BCUT2D eigenvalue weighted by Gasteiger charge is -2.20. The van der Waals surface area contributed by atoms with Crippen molar-refractivity contribution in [3.8, 4) is 0 Å². The molecule has 0 N–H and O–H groups in total. The van der Waals surface area contributed by atoms with Crippen molar-refractivity contribution in [2.75, 3.05) is 5.75 Å². The zero-order valence-electron chi connectivity index (χ0n) is 15.7. The summed E-state index contributed by atoms with van der Waals surface area (Å²) in [6.07, 6.45) is 0.754. The van der Waals surface area contributed by atoms with Gasteiger partial charge < -0.3 is 4.57 Å². The first-order chi connectivity index (χ1) is 14.2. The maximum atomic E-state index is 13.1. The molecule has 0 spiro atoms. The molecule has 0 fully saturated rings. The monoisotopic (exact) mass is 438 g/mol. The van der Waals surface area contributed by atoms with Gasteiger partial charge in [-0.25, -0.2) is 9.99 Å². The Morgan fingerprint density at radius 2 is 1.97 bits per heavy atom. The number of aromatic nitrogens is 2. The summed E-state index contributed by atoms with van der Waals surface area (Å²) in [6, 6.07) is 16.2. The molecule has 0 saturated carbocycles. The molecule has 1 aromatic carbocycles. The smallest absolute Gasteiger partial charge is 0.253 e. The molecule has 29 heavy (non-hydrogen) atoms. The minimum Gasteiger partial charge on any atom is -0.322 e. The SMILES string of the molecule is Cn1c(SCC(=O)N2N=C(c3cccs3)CC2c2cccs2)nc2ccccc21. The number of carbonyl (C=O) groups is 1. The molecule has 0 bridgehead atoms. The summed E-state index contributed by atoms with van der Waals surface area (Å²) in [5.41, 5.74) is 3.00. The van der Waals surface area contributed by atoms with Gasteiger partial charge in [-0.15, -0.1) is 22.7 Å². The lowest BCUT2D eigenvalue weighted by molar-refractivity contribution is -0.130. The van der Waals surface area contributed by atoms with Crippen molar-refractivity contribution in [2.45, 2.75) is 17.6 Å². The Hall–Kier alpha value is -2.42. The fraction of sp³-hybridized carbons (Fsp3) is 0.190. The van der Waals surface area contributed by atoms with E-state index in [1.165, 1.54) is 16.6 Å². The predicted molar refractivity (Wildman–Crippen MR) is 121 cm³/mol. The molecule has 1 unspecified atom stereocenters. The maximum Gasteiger partial charge on any atom is 0.253 e. The molecule has 4 heterocycles. The van der Waals surface area contributed by atoms with Gasteiger partial charge in [0.25, 0.3) is 5.91 Å². The van der Waals surface area contributed by atoms with E-state index in [0.29, 0.717) is 5.75 Å². The van der Waals surface area contributed by atoms with E-state index in [0.717, 1.165) is 33.2 Å². The first-order valence-corrected chi connectivity index (χ1v) is 12.0. The number of hydrogen-bond donors (Lipinski definition) is 0. The third-order valence-corrected chi connectivity index (χ3v) is 7.82. The van der Waals surface area contributed by atoms with Crippen molar-refractivity contribution in [3.05, 3.63) is 69.0 Å². The van der Waals surface area contributed by atoms with Gasteiger partial charge in [0.15, 0.2) is 5.16 Å². The van der Waals surface area contributed by atoms with Crippen LogP contribution in [0.3, 0.4) is 0 Å². The van der Waals surface area contributed by atoms with Gasteiger partial charge in [0.2, 0.25) is 0 Å². The van der Waals surface area contributed by atoms with Crippen LogP contribution in [-0.2, 0) is 11.8 Å². The maximum absolute atomic E-state index is 13.1. The summed E-state index contributed by atoms with van der Waals surface area (Å²) in [6.45, 7) is 0. The van der Waals surface area contributed by atoms with Gasteiger partial charge in [-0.3, -0.25) is 4.79 Å². The lowest BCUT2D eigenvalue weighted by Crippen LogP contribution is -2.28. The molecule has 1 aliphatic rings. The Morgan fingerprint density at radius 1 is 1.14 bits per heavy atom. The molecule has 5 rings (SSSR count). The molecule has 1 aliphatic heterocycles. The molecule has 3 aromatic heterocycles. The van der Waals surface area contributed by atoms with E-state index < -0.39 is 0 Å². The second-order valence-electron chi connectivity index (χ2n) is 6.73. The normalized spacial score (nSPS) is 16.5. The Balaban J connectivity index is 1.38. The van der Waals surface area contributed by atoms with E-state index in [-0.39, 0.29) is 11.9 Å². The molecule has 0 aliphatic carbocycles. The van der Waals surface area contributed by atoms with E-state index in [2.05, 4.69) is 22.5 Å². The van der Waals surface area contributed by atoms with E-state index in [4.69, 9.17) is 5.10 Å². The van der Waals surface area contributed by atoms with Crippen LogP contribution in [0.2, 0.25) is 0 Å². The summed E-state index contributed by atoms with van der Waals surface area (Å²) < 4.78 is 2.04. The van der Waals surface area contributed by atoms with Crippen LogP contribution >= 0.6 is 34.4 Å². The van der Waals surface area contributed by atoms with Crippen LogP contribution < -0.4 is 0 Å². The van der Waals surface area contributed by atoms with Crippen molar-refractivity contribution in [3.63, 3.8) is 0 Å². The van der Waals surface area contributed by atoms with Crippen molar-refractivity contribution in [1.82, 2.24) is 14.6 Å². The number of hydrazone groups is 1. The summed E-state index contributed by atoms with van der Waals surface area (Å²) in [5, 5.41) is 11.3. The van der Waals surface area contributed by atoms with Gasteiger partial charge in [0, 0.05) is 18.3 Å². The van der Waals surface area contributed by atoms with Crippen molar-refractivity contribution < 1.29 is 4.79 Å². The van der Waals surface area contributed by atoms with Crippen LogP contribution in [0, 0.1) is 0 Å². The zero-order chi connectivity index (χ0) is 19.8.